The van der Waals surface area contributed by atoms with Gasteiger partial charge in [0, 0.05) is 26.7 Å². The molecule has 0 saturated carbocycles. The first-order valence-electron chi connectivity index (χ1n) is 9.70. The summed E-state index contributed by atoms with van der Waals surface area (Å²) in [4.78, 5) is 27.0. The van der Waals surface area contributed by atoms with Crippen LogP contribution in [0.5, 0.6) is 5.75 Å². The van der Waals surface area contributed by atoms with Crippen molar-refractivity contribution in [2.75, 3.05) is 45.3 Å². The molecule has 1 fully saturated rings. The Labute approximate surface area is 183 Å². The minimum atomic E-state index is -0.542. The number of ether oxygens (including phenoxy) is 2. The van der Waals surface area contributed by atoms with Crippen molar-refractivity contribution in [1.82, 2.24) is 10.6 Å². The quantitative estimate of drug-likeness (QED) is 0.698. The standard InChI is InChI=1S/C22H27N3O4.ClH/c1-25(22(27)20-15-23-13-14-29-20)19-6-4-3-5-18(19)21(26)24-12-11-16-7-9-17(28-2)10-8-16;/h3-10,20,23H,11-15H2,1-2H3,(H,24,26);1H. The Balaban J connectivity index is 0.00000320. The third-order valence-electron chi connectivity index (χ3n) is 4.90. The molecule has 1 unspecified atom stereocenters. The van der Waals surface area contributed by atoms with E-state index < -0.39 is 6.10 Å². The Morgan fingerprint density at radius 1 is 1.20 bits per heavy atom. The largest absolute Gasteiger partial charge is 0.497 e. The molecule has 3 rings (SSSR count). The lowest BCUT2D eigenvalue weighted by molar-refractivity contribution is -0.131. The van der Waals surface area contributed by atoms with Crippen molar-refractivity contribution in [3.63, 3.8) is 0 Å². The van der Waals surface area contributed by atoms with Crippen LogP contribution >= 0.6 is 12.4 Å². The summed E-state index contributed by atoms with van der Waals surface area (Å²) in [6, 6.07) is 14.8. The van der Waals surface area contributed by atoms with Gasteiger partial charge in [-0.05, 0) is 36.2 Å². The van der Waals surface area contributed by atoms with Crippen LogP contribution in [0.4, 0.5) is 5.69 Å². The molecule has 1 atom stereocenters. The fraction of sp³-hybridized carbons (Fsp3) is 0.364. The summed E-state index contributed by atoms with van der Waals surface area (Å²) in [5, 5.41) is 6.09. The van der Waals surface area contributed by atoms with Crippen LogP contribution in [0.15, 0.2) is 48.5 Å². The Bertz CT molecular complexity index is 839. The van der Waals surface area contributed by atoms with Crippen molar-refractivity contribution in [1.29, 1.82) is 0 Å². The van der Waals surface area contributed by atoms with Crippen LogP contribution in [0.25, 0.3) is 0 Å². The summed E-state index contributed by atoms with van der Waals surface area (Å²) in [5.74, 6) is 0.420. The summed E-state index contributed by atoms with van der Waals surface area (Å²) in [7, 11) is 3.30. The third kappa shape index (κ3) is 5.95. The fourth-order valence-electron chi connectivity index (χ4n) is 3.22. The van der Waals surface area contributed by atoms with Gasteiger partial charge in [0.25, 0.3) is 11.8 Å². The Morgan fingerprint density at radius 2 is 1.93 bits per heavy atom. The van der Waals surface area contributed by atoms with E-state index in [1.165, 1.54) is 4.90 Å². The molecule has 0 aromatic heterocycles. The molecule has 1 aliphatic rings. The Kier molecular flexibility index (Phi) is 9.11. The summed E-state index contributed by atoms with van der Waals surface area (Å²) in [6.45, 7) is 2.20. The highest BCUT2D eigenvalue weighted by Gasteiger charge is 2.27. The zero-order chi connectivity index (χ0) is 20.6. The second-order valence-corrected chi connectivity index (χ2v) is 6.83. The molecule has 8 heteroatoms. The maximum atomic E-state index is 12.7. The maximum absolute atomic E-state index is 12.7. The number of carbonyl (C=O) groups is 2. The van der Waals surface area contributed by atoms with E-state index in [2.05, 4.69) is 10.6 Å². The first-order chi connectivity index (χ1) is 14.1. The number of nitrogens with one attached hydrogen (secondary N) is 2. The van der Waals surface area contributed by atoms with E-state index in [0.29, 0.717) is 37.4 Å². The van der Waals surface area contributed by atoms with Crippen LogP contribution in [0.3, 0.4) is 0 Å². The van der Waals surface area contributed by atoms with Crippen molar-refractivity contribution >= 4 is 29.9 Å². The van der Waals surface area contributed by atoms with Crippen LogP contribution in [0.1, 0.15) is 15.9 Å². The van der Waals surface area contributed by atoms with Crippen LogP contribution in [0.2, 0.25) is 0 Å². The van der Waals surface area contributed by atoms with Gasteiger partial charge >= 0.3 is 0 Å². The van der Waals surface area contributed by atoms with Gasteiger partial charge in [-0.1, -0.05) is 24.3 Å². The number of nitrogens with zero attached hydrogens (tertiary/aromatic N) is 1. The predicted molar refractivity (Wildman–Crippen MR) is 119 cm³/mol. The molecule has 2 amide bonds. The molecule has 1 saturated heterocycles. The third-order valence-corrected chi connectivity index (χ3v) is 4.90. The number of para-hydroxylation sites is 1. The van der Waals surface area contributed by atoms with Gasteiger partial charge in [0.05, 0.1) is 25.0 Å². The molecule has 7 nitrogen and oxygen atoms in total. The number of anilines is 1. The zero-order valence-corrected chi connectivity index (χ0v) is 18.0. The van der Waals surface area contributed by atoms with Crippen molar-refractivity contribution in [2.24, 2.45) is 0 Å². The molecule has 1 heterocycles. The number of morpholine rings is 1. The van der Waals surface area contributed by atoms with Gasteiger partial charge in [0.15, 0.2) is 0 Å². The maximum Gasteiger partial charge on any atom is 0.257 e. The number of benzene rings is 2. The summed E-state index contributed by atoms with van der Waals surface area (Å²) in [6.07, 6.45) is 0.161. The van der Waals surface area contributed by atoms with Crippen LogP contribution in [0, 0.1) is 0 Å². The molecule has 0 bridgehead atoms. The van der Waals surface area contributed by atoms with Crippen molar-refractivity contribution in [2.45, 2.75) is 12.5 Å². The van der Waals surface area contributed by atoms with E-state index in [-0.39, 0.29) is 24.2 Å². The van der Waals surface area contributed by atoms with Gasteiger partial charge < -0.3 is 25.0 Å². The van der Waals surface area contributed by atoms with E-state index in [4.69, 9.17) is 9.47 Å². The average Bonchev–Trinajstić information content (AvgIpc) is 2.79. The molecule has 30 heavy (non-hydrogen) atoms. The van der Waals surface area contributed by atoms with Crippen molar-refractivity contribution in [3.8, 4) is 5.75 Å². The smallest absolute Gasteiger partial charge is 0.257 e. The number of hydrogen-bond donors (Lipinski definition) is 2. The van der Waals surface area contributed by atoms with Crippen LogP contribution in [-0.4, -0.2) is 58.3 Å². The molecule has 0 aliphatic carbocycles. The molecular weight excluding hydrogens is 406 g/mol. The number of halogens is 1. The summed E-state index contributed by atoms with van der Waals surface area (Å²) >= 11 is 0. The molecule has 0 radical (unpaired) electrons. The highest BCUT2D eigenvalue weighted by atomic mass is 35.5. The first kappa shape index (κ1) is 23.7. The number of methoxy groups -OCH3 is 1. The van der Waals surface area contributed by atoms with Gasteiger partial charge in [0.1, 0.15) is 11.9 Å². The lowest BCUT2D eigenvalue weighted by Crippen LogP contribution is -2.48. The summed E-state index contributed by atoms with van der Waals surface area (Å²) in [5.41, 5.74) is 2.13. The number of carbonyl (C=O) groups excluding carboxylic acids is 2. The normalized spacial score (nSPS) is 15.6. The number of amides is 2. The molecule has 2 aromatic rings. The minimum Gasteiger partial charge on any atom is -0.497 e. The number of rotatable bonds is 7. The molecule has 1 aliphatic heterocycles. The molecular formula is C22H28ClN3O4. The van der Waals surface area contributed by atoms with Gasteiger partial charge in [-0.2, -0.15) is 0 Å². The first-order valence-corrected chi connectivity index (χ1v) is 9.70. The molecule has 162 valence electrons. The van der Waals surface area contributed by atoms with Gasteiger partial charge in [-0.3, -0.25) is 9.59 Å². The van der Waals surface area contributed by atoms with E-state index in [1.807, 2.05) is 30.3 Å². The topological polar surface area (TPSA) is 79.9 Å². The van der Waals surface area contributed by atoms with E-state index >= 15 is 0 Å². The molecule has 2 aromatic carbocycles. The van der Waals surface area contributed by atoms with Crippen molar-refractivity contribution < 1.29 is 19.1 Å². The van der Waals surface area contributed by atoms with E-state index in [9.17, 15) is 9.59 Å². The van der Waals surface area contributed by atoms with Gasteiger partial charge in [-0.25, -0.2) is 0 Å². The number of likely N-dealkylation sites (N-methyl/N-ethyl adjacent to an activating group) is 1. The Hall–Kier alpha value is -2.61. The van der Waals surface area contributed by atoms with E-state index in [1.54, 1.807) is 32.4 Å². The lowest BCUT2D eigenvalue weighted by Gasteiger charge is -2.28. The van der Waals surface area contributed by atoms with Gasteiger partial charge in [0.2, 0.25) is 0 Å². The zero-order valence-electron chi connectivity index (χ0n) is 17.2. The predicted octanol–water partition coefficient (Wildman–Crippen LogP) is 2.04. The highest BCUT2D eigenvalue weighted by molar-refractivity contribution is 6.05. The van der Waals surface area contributed by atoms with Crippen LogP contribution < -0.4 is 20.3 Å². The second kappa shape index (κ2) is 11.5. The van der Waals surface area contributed by atoms with E-state index in [0.717, 1.165) is 17.9 Å². The SMILES string of the molecule is COc1ccc(CCNC(=O)c2ccccc2N(C)C(=O)C2CNCCO2)cc1.Cl. The monoisotopic (exact) mass is 433 g/mol. The highest BCUT2D eigenvalue weighted by Crippen LogP contribution is 2.21. The van der Waals surface area contributed by atoms with Crippen LogP contribution in [-0.2, 0) is 16.0 Å². The molecule has 2 N–H and O–H groups in total. The minimum absolute atomic E-state index is 0. The van der Waals surface area contributed by atoms with Crippen molar-refractivity contribution in [3.05, 3.63) is 59.7 Å². The average molecular weight is 434 g/mol. The number of hydrogen-bond acceptors (Lipinski definition) is 5. The van der Waals surface area contributed by atoms with Gasteiger partial charge in [-0.15, -0.1) is 12.4 Å². The fourth-order valence-corrected chi connectivity index (χ4v) is 3.22. The summed E-state index contributed by atoms with van der Waals surface area (Å²) < 4.78 is 10.7. The lowest BCUT2D eigenvalue weighted by atomic mass is 10.1. The molecule has 0 spiro atoms. The Morgan fingerprint density at radius 3 is 2.60 bits per heavy atom. The second-order valence-electron chi connectivity index (χ2n) is 6.83.